The molecule has 0 aliphatic carbocycles. The van der Waals surface area contributed by atoms with E-state index >= 15 is 0 Å². The Morgan fingerprint density at radius 1 is 1.44 bits per heavy atom. The molecule has 3 heteroatoms. The molecule has 0 aromatic rings. The molecule has 0 bridgehead atoms. The highest BCUT2D eigenvalue weighted by Gasteiger charge is 2.25. The summed E-state index contributed by atoms with van der Waals surface area (Å²) < 4.78 is 0. The fourth-order valence-electron chi connectivity index (χ4n) is 2.41. The Bertz CT molecular complexity index is 216. The number of likely N-dealkylation sites (N-methyl/N-ethyl adjacent to an activating group) is 1. The van der Waals surface area contributed by atoms with Gasteiger partial charge in [0.25, 0.3) is 0 Å². The summed E-state index contributed by atoms with van der Waals surface area (Å²) in [6.45, 7) is 5.95. The van der Waals surface area contributed by atoms with Crippen LogP contribution in [0.2, 0.25) is 0 Å². The number of hydrogen-bond donors (Lipinski definition) is 1. The average molecular weight is 226 g/mol. The van der Waals surface area contributed by atoms with Crippen LogP contribution in [0.4, 0.5) is 0 Å². The number of amides is 1. The summed E-state index contributed by atoms with van der Waals surface area (Å²) in [7, 11) is 1.84. The number of carbonyl (C=O) groups is 1. The molecule has 1 N–H and O–H groups in total. The van der Waals surface area contributed by atoms with Gasteiger partial charge in [0.15, 0.2) is 0 Å². The molecule has 1 atom stereocenters. The highest BCUT2D eigenvalue weighted by Crippen LogP contribution is 2.22. The molecule has 1 rings (SSSR count). The van der Waals surface area contributed by atoms with Crippen molar-refractivity contribution >= 4 is 5.91 Å². The molecule has 1 fully saturated rings. The number of carbonyl (C=O) groups excluding carboxylic acids is 1. The maximum Gasteiger partial charge on any atom is 0.236 e. The molecular formula is C13H26N2O. The van der Waals surface area contributed by atoms with Crippen molar-refractivity contribution in [3.8, 4) is 0 Å². The van der Waals surface area contributed by atoms with Gasteiger partial charge in [0, 0.05) is 12.6 Å². The van der Waals surface area contributed by atoms with Crippen LogP contribution in [-0.2, 0) is 4.79 Å². The molecule has 0 aromatic heterocycles. The van der Waals surface area contributed by atoms with Crippen LogP contribution in [0, 0.1) is 5.92 Å². The minimum Gasteiger partial charge on any atom is -0.339 e. The van der Waals surface area contributed by atoms with Crippen LogP contribution in [0.5, 0.6) is 0 Å². The Hall–Kier alpha value is -0.570. The van der Waals surface area contributed by atoms with E-state index in [-0.39, 0.29) is 5.91 Å². The summed E-state index contributed by atoms with van der Waals surface area (Å²) >= 11 is 0. The highest BCUT2D eigenvalue weighted by atomic mass is 16.2. The zero-order valence-electron chi connectivity index (χ0n) is 11.0. The lowest BCUT2D eigenvalue weighted by Crippen LogP contribution is -2.46. The van der Waals surface area contributed by atoms with Gasteiger partial charge in [-0.15, -0.1) is 0 Å². The summed E-state index contributed by atoms with van der Waals surface area (Å²) in [5.74, 6) is 1.01. The molecule has 1 aliphatic heterocycles. The van der Waals surface area contributed by atoms with Gasteiger partial charge in [0.1, 0.15) is 0 Å². The third-order valence-electron chi connectivity index (χ3n) is 3.35. The van der Waals surface area contributed by atoms with E-state index in [4.69, 9.17) is 0 Å². The quantitative estimate of drug-likeness (QED) is 0.778. The van der Waals surface area contributed by atoms with E-state index in [1.807, 2.05) is 7.05 Å². The summed E-state index contributed by atoms with van der Waals surface area (Å²) in [4.78, 5) is 14.0. The van der Waals surface area contributed by atoms with Gasteiger partial charge in [-0.05, 0) is 45.1 Å². The summed E-state index contributed by atoms with van der Waals surface area (Å²) in [6, 6.07) is 0.497. The molecular weight excluding hydrogens is 200 g/mol. The van der Waals surface area contributed by atoms with Gasteiger partial charge in [0.05, 0.1) is 6.54 Å². The monoisotopic (exact) mass is 226 g/mol. The van der Waals surface area contributed by atoms with Crippen molar-refractivity contribution in [3.05, 3.63) is 0 Å². The van der Waals surface area contributed by atoms with Crippen LogP contribution < -0.4 is 5.32 Å². The molecule has 1 heterocycles. The molecule has 1 unspecified atom stereocenters. The van der Waals surface area contributed by atoms with Crippen LogP contribution >= 0.6 is 0 Å². The summed E-state index contributed by atoms with van der Waals surface area (Å²) in [5, 5.41) is 2.96. The van der Waals surface area contributed by atoms with Gasteiger partial charge in [0.2, 0.25) is 5.91 Å². The number of nitrogens with one attached hydrogen (secondary N) is 1. The first-order valence-corrected chi connectivity index (χ1v) is 6.59. The molecule has 0 saturated carbocycles. The third-order valence-corrected chi connectivity index (χ3v) is 3.35. The predicted molar refractivity (Wildman–Crippen MR) is 67.4 cm³/mol. The van der Waals surface area contributed by atoms with Crippen LogP contribution in [-0.4, -0.2) is 37.0 Å². The first kappa shape index (κ1) is 13.5. The predicted octanol–water partition coefficient (Wildman–Crippen LogP) is 2.02. The van der Waals surface area contributed by atoms with Gasteiger partial charge in [-0.3, -0.25) is 4.79 Å². The van der Waals surface area contributed by atoms with E-state index in [1.54, 1.807) is 0 Å². The second-order valence-electron chi connectivity index (χ2n) is 5.24. The molecule has 1 amide bonds. The molecule has 3 nitrogen and oxygen atoms in total. The number of likely N-dealkylation sites (tertiary alicyclic amines) is 1. The van der Waals surface area contributed by atoms with Gasteiger partial charge >= 0.3 is 0 Å². The maximum absolute atomic E-state index is 11.9. The minimum absolute atomic E-state index is 0.274. The Balaban J connectivity index is 2.46. The standard InChI is InChI=1S/C13H26N2O/c1-11(2)7-8-12-6-4-5-9-15(12)13(16)10-14-3/h11-12,14H,4-10H2,1-3H3. The van der Waals surface area contributed by atoms with Crippen molar-refractivity contribution in [2.75, 3.05) is 20.1 Å². The van der Waals surface area contributed by atoms with Crippen LogP contribution in [0.1, 0.15) is 46.0 Å². The average Bonchev–Trinajstić information content (AvgIpc) is 2.27. The van der Waals surface area contributed by atoms with Crippen LogP contribution in [0.3, 0.4) is 0 Å². The van der Waals surface area contributed by atoms with Crippen molar-refractivity contribution in [2.24, 2.45) is 5.92 Å². The van der Waals surface area contributed by atoms with E-state index in [0.29, 0.717) is 12.6 Å². The lowest BCUT2D eigenvalue weighted by molar-refractivity contribution is -0.134. The second-order valence-corrected chi connectivity index (χ2v) is 5.24. The maximum atomic E-state index is 11.9. The first-order chi connectivity index (χ1) is 7.65. The van der Waals surface area contributed by atoms with E-state index in [9.17, 15) is 4.79 Å². The Morgan fingerprint density at radius 2 is 2.19 bits per heavy atom. The first-order valence-electron chi connectivity index (χ1n) is 6.59. The second kappa shape index (κ2) is 6.89. The van der Waals surface area contributed by atoms with Crippen LogP contribution in [0.25, 0.3) is 0 Å². The van der Waals surface area contributed by atoms with Crippen molar-refractivity contribution in [1.29, 1.82) is 0 Å². The fourth-order valence-corrected chi connectivity index (χ4v) is 2.41. The van der Waals surface area contributed by atoms with E-state index in [2.05, 4.69) is 24.1 Å². The van der Waals surface area contributed by atoms with Gasteiger partial charge in [-0.2, -0.15) is 0 Å². The molecule has 94 valence electrons. The lowest BCUT2D eigenvalue weighted by atomic mass is 9.94. The van der Waals surface area contributed by atoms with Crippen molar-refractivity contribution in [1.82, 2.24) is 10.2 Å². The Labute approximate surface area is 99.6 Å². The third kappa shape index (κ3) is 4.12. The molecule has 1 aliphatic rings. The van der Waals surface area contributed by atoms with Gasteiger partial charge in [-0.25, -0.2) is 0 Å². The minimum atomic E-state index is 0.274. The Morgan fingerprint density at radius 3 is 2.81 bits per heavy atom. The molecule has 1 saturated heterocycles. The van der Waals surface area contributed by atoms with Crippen molar-refractivity contribution < 1.29 is 4.79 Å². The smallest absolute Gasteiger partial charge is 0.236 e. The Kier molecular flexibility index (Phi) is 5.81. The van der Waals surface area contributed by atoms with E-state index in [1.165, 1.54) is 32.1 Å². The zero-order valence-corrected chi connectivity index (χ0v) is 11.0. The molecule has 0 radical (unpaired) electrons. The zero-order chi connectivity index (χ0) is 12.0. The number of rotatable bonds is 5. The number of hydrogen-bond acceptors (Lipinski definition) is 2. The lowest BCUT2D eigenvalue weighted by Gasteiger charge is -2.36. The SMILES string of the molecule is CNCC(=O)N1CCCCC1CCC(C)C. The normalized spacial score (nSPS) is 21.5. The number of nitrogens with zero attached hydrogens (tertiary/aromatic N) is 1. The van der Waals surface area contributed by atoms with E-state index in [0.717, 1.165) is 12.5 Å². The highest BCUT2D eigenvalue weighted by molar-refractivity contribution is 5.78. The van der Waals surface area contributed by atoms with Crippen molar-refractivity contribution in [2.45, 2.75) is 52.0 Å². The van der Waals surface area contributed by atoms with Crippen LogP contribution in [0.15, 0.2) is 0 Å². The van der Waals surface area contributed by atoms with Gasteiger partial charge < -0.3 is 10.2 Å². The fraction of sp³-hybridized carbons (Fsp3) is 0.923. The van der Waals surface area contributed by atoms with Gasteiger partial charge in [-0.1, -0.05) is 13.8 Å². The number of piperidine rings is 1. The van der Waals surface area contributed by atoms with E-state index < -0.39 is 0 Å². The van der Waals surface area contributed by atoms with Crippen molar-refractivity contribution in [3.63, 3.8) is 0 Å². The summed E-state index contributed by atoms with van der Waals surface area (Å²) in [6.07, 6.45) is 6.06. The molecule has 0 spiro atoms. The summed E-state index contributed by atoms with van der Waals surface area (Å²) in [5.41, 5.74) is 0. The molecule has 0 aromatic carbocycles. The largest absolute Gasteiger partial charge is 0.339 e. The molecule has 16 heavy (non-hydrogen) atoms. The topological polar surface area (TPSA) is 32.3 Å².